The molecule has 2 aromatic rings. The average molecular weight is 348 g/mol. The van der Waals surface area contributed by atoms with Gasteiger partial charge in [0, 0.05) is 6.07 Å². The molecule has 2 aromatic carbocycles. The van der Waals surface area contributed by atoms with E-state index in [0.29, 0.717) is 5.75 Å². The van der Waals surface area contributed by atoms with Gasteiger partial charge >= 0.3 is 5.97 Å². The Morgan fingerprint density at radius 2 is 1.83 bits per heavy atom. The van der Waals surface area contributed by atoms with Gasteiger partial charge in [-0.25, -0.2) is 4.79 Å². The number of hydrogen-bond donors (Lipinski definition) is 0. The number of nitro benzene ring substituents is 1. The zero-order valence-corrected chi connectivity index (χ0v) is 14.7. The maximum absolute atomic E-state index is 12.2. The van der Waals surface area contributed by atoms with Crippen molar-refractivity contribution in [2.45, 2.75) is 33.1 Å². The summed E-state index contributed by atoms with van der Waals surface area (Å²) < 4.78 is 5.37. The number of hydrogen-bond acceptors (Lipinski definition) is 4. The van der Waals surface area contributed by atoms with Crippen LogP contribution in [0.4, 0.5) is 5.69 Å². The normalized spacial score (nSPS) is 11.2. The molecule has 0 saturated carbocycles. The Bertz CT molecular complexity index is 809. The highest BCUT2D eigenvalue weighted by molar-refractivity contribution is 6.32. The summed E-state index contributed by atoms with van der Waals surface area (Å²) in [4.78, 5) is 22.5. The van der Waals surface area contributed by atoms with Crippen LogP contribution in [0.2, 0.25) is 5.02 Å². The highest BCUT2D eigenvalue weighted by atomic mass is 35.5. The van der Waals surface area contributed by atoms with Crippen LogP contribution in [0.15, 0.2) is 36.4 Å². The van der Waals surface area contributed by atoms with Gasteiger partial charge in [0.1, 0.15) is 10.8 Å². The van der Waals surface area contributed by atoms with Crippen LogP contribution in [0, 0.1) is 17.0 Å². The summed E-state index contributed by atoms with van der Waals surface area (Å²) in [6.45, 7) is 8.14. The lowest BCUT2D eigenvalue weighted by Crippen LogP contribution is -2.13. The molecule has 0 fully saturated rings. The molecule has 0 heterocycles. The molecule has 24 heavy (non-hydrogen) atoms. The van der Waals surface area contributed by atoms with E-state index >= 15 is 0 Å². The minimum atomic E-state index is -0.665. The molecule has 5 nitrogen and oxygen atoms in total. The molecule has 0 unspecified atom stereocenters. The van der Waals surface area contributed by atoms with Crippen LogP contribution < -0.4 is 4.74 Å². The van der Waals surface area contributed by atoms with Crippen LogP contribution in [0.1, 0.15) is 42.3 Å². The van der Waals surface area contributed by atoms with E-state index in [1.165, 1.54) is 12.1 Å². The van der Waals surface area contributed by atoms with Crippen LogP contribution in [0.5, 0.6) is 5.75 Å². The first-order chi connectivity index (χ1) is 11.1. The van der Waals surface area contributed by atoms with E-state index < -0.39 is 10.9 Å². The van der Waals surface area contributed by atoms with Crippen molar-refractivity contribution in [2.24, 2.45) is 0 Å². The second-order valence-corrected chi connectivity index (χ2v) is 6.95. The number of rotatable bonds is 3. The first-order valence-electron chi connectivity index (χ1n) is 7.37. The number of nitrogens with zero attached hydrogens (tertiary/aromatic N) is 1. The smallest absolute Gasteiger partial charge is 0.343 e. The van der Waals surface area contributed by atoms with Crippen molar-refractivity contribution < 1.29 is 14.5 Å². The summed E-state index contributed by atoms with van der Waals surface area (Å²) in [6.07, 6.45) is 0. The Hall–Kier alpha value is -2.40. The summed E-state index contributed by atoms with van der Waals surface area (Å²) in [5.74, 6) is -0.244. The standard InChI is InChI=1S/C18H18ClNO4/c1-11-9-13(18(2,3)4)6-8-16(11)24-17(21)12-5-7-14(19)15(10-12)20(22)23/h5-10H,1-4H3. The molecule has 2 rings (SSSR count). The molecule has 0 atom stereocenters. The van der Waals surface area contributed by atoms with Crippen LogP contribution in [0.3, 0.4) is 0 Å². The zero-order chi connectivity index (χ0) is 18.1. The Kier molecular flexibility index (Phi) is 4.94. The molecule has 0 amide bonds. The lowest BCUT2D eigenvalue weighted by molar-refractivity contribution is -0.384. The van der Waals surface area contributed by atoms with Gasteiger partial charge in [0.05, 0.1) is 10.5 Å². The van der Waals surface area contributed by atoms with Gasteiger partial charge in [0.15, 0.2) is 0 Å². The summed E-state index contributed by atoms with van der Waals surface area (Å²) >= 11 is 5.75. The number of ether oxygens (including phenoxy) is 1. The quantitative estimate of drug-likeness (QED) is 0.336. The Balaban J connectivity index is 2.27. The molecular formula is C18H18ClNO4. The molecule has 0 aliphatic heterocycles. The van der Waals surface area contributed by atoms with Gasteiger partial charge < -0.3 is 4.74 Å². The molecule has 0 aliphatic carbocycles. The predicted molar refractivity (Wildman–Crippen MR) is 92.9 cm³/mol. The Morgan fingerprint density at radius 3 is 2.38 bits per heavy atom. The second kappa shape index (κ2) is 6.61. The Labute approximate surface area is 145 Å². The molecule has 0 aromatic heterocycles. The van der Waals surface area contributed by atoms with E-state index in [0.717, 1.165) is 17.2 Å². The van der Waals surface area contributed by atoms with E-state index in [2.05, 4.69) is 20.8 Å². The number of esters is 1. The maximum Gasteiger partial charge on any atom is 0.343 e. The fourth-order valence-electron chi connectivity index (χ4n) is 2.17. The van der Waals surface area contributed by atoms with Crippen LogP contribution in [-0.2, 0) is 5.41 Å². The third kappa shape index (κ3) is 3.92. The number of benzene rings is 2. The molecule has 0 bridgehead atoms. The maximum atomic E-state index is 12.2. The highest BCUT2D eigenvalue weighted by Crippen LogP contribution is 2.29. The molecule has 6 heteroatoms. The first kappa shape index (κ1) is 17.9. The number of aryl methyl sites for hydroxylation is 1. The summed E-state index contributed by atoms with van der Waals surface area (Å²) in [7, 11) is 0. The van der Waals surface area contributed by atoms with Gasteiger partial charge in [-0.15, -0.1) is 0 Å². The second-order valence-electron chi connectivity index (χ2n) is 6.54. The summed E-state index contributed by atoms with van der Waals surface area (Å²) in [6, 6.07) is 9.43. The minimum absolute atomic E-state index is 0.00983. The van der Waals surface area contributed by atoms with E-state index in [9.17, 15) is 14.9 Å². The van der Waals surface area contributed by atoms with E-state index in [-0.39, 0.29) is 21.7 Å². The summed E-state index contributed by atoms with van der Waals surface area (Å²) in [5, 5.41) is 10.9. The SMILES string of the molecule is Cc1cc(C(C)(C)C)ccc1OC(=O)c1ccc(Cl)c([N+](=O)[O-])c1. The lowest BCUT2D eigenvalue weighted by Gasteiger charge is -2.20. The van der Waals surface area contributed by atoms with Gasteiger partial charge in [-0.1, -0.05) is 44.5 Å². The fourth-order valence-corrected chi connectivity index (χ4v) is 2.36. The number of carbonyl (C=O) groups excluding carboxylic acids is 1. The van der Waals surface area contributed by atoms with Gasteiger partial charge in [-0.3, -0.25) is 10.1 Å². The molecule has 0 N–H and O–H groups in total. The van der Waals surface area contributed by atoms with Crippen LogP contribution in [-0.4, -0.2) is 10.9 Å². The van der Waals surface area contributed by atoms with Crippen molar-refractivity contribution in [2.75, 3.05) is 0 Å². The molecular weight excluding hydrogens is 330 g/mol. The lowest BCUT2D eigenvalue weighted by atomic mass is 9.86. The Morgan fingerprint density at radius 1 is 1.17 bits per heavy atom. The van der Waals surface area contributed by atoms with Crippen molar-refractivity contribution in [3.05, 3.63) is 68.2 Å². The van der Waals surface area contributed by atoms with Gasteiger partial charge in [-0.2, -0.15) is 0 Å². The van der Waals surface area contributed by atoms with E-state index in [4.69, 9.17) is 16.3 Å². The molecule has 0 radical (unpaired) electrons. The van der Waals surface area contributed by atoms with E-state index in [1.807, 2.05) is 19.1 Å². The highest BCUT2D eigenvalue weighted by Gasteiger charge is 2.19. The largest absolute Gasteiger partial charge is 0.423 e. The van der Waals surface area contributed by atoms with E-state index in [1.54, 1.807) is 6.07 Å². The molecule has 126 valence electrons. The number of halogens is 1. The van der Waals surface area contributed by atoms with Gasteiger partial charge in [0.2, 0.25) is 0 Å². The number of nitro groups is 1. The molecule has 0 spiro atoms. The average Bonchev–Trinajstić information content (AvgIpc) is 2.48. The molecule has 0 aliphatic rings. The van der Waals surface area contributed by atoms with Crippen molar-refractivity contribution in [3.8, 4) is 5.75 Å². The zero-order valence-electron chi connectivity index (χ0n) is 13.9. The predicted octanol–water partition coefficient (Wildman–Crippen LogP) is 5.07. The summed E-state index contributed by atoms with van der Waals surface area (Å²) in [5.41, 5.74) is 1.68. The van der Waals surface area contributed by atoms with Crippen molar-refractivity contribution in [1.29, 1.82) is 0 Å². The number of carbonyl (C=O) groups is 1. The fraction of sp³-hybridized carbons (Fsp3) is 0.278. The third-order valence-electron chi connectivity index (χ3n) is 3.62. The van der Waals surface area contributed by atoms with Crippen molar-refractivity contribution in [3.63, 3.8) is 0 Å². The van der Waals surface area contributed by atoms with Crippen LogP contribution >= 0.6 is 11.6 Å². The van der Waals surface area contributed by atoms with Crippen molar-refractivity contribution >= 4 is 23.3 Å². The third-order valence-corrected chi connectivity index (χ3v) is 3.94. The molecule has 0 saturated heterocycles. The monoisotopic (exact) mass is 347 g/mol. The minimum Gasteiger partial charge on any atom is -0.423 e. The van der Waals surface area contributed by atoms with Gasteiger partial charge in [-0.05, 0) is 41.7 Å². The van der Waals surface area contributed by atoms with Crippen molar-refractivity contribution in [1.82, 2.24) is 0 Å². The van der Waals surface area contributed by atoms with Gasteiger partial charge in [0.25, 0.3) is 5.69 Å². The van der Waals surface area contributed by atoms with Crippen LogP contribution in [0.25, 0.3) is 0 Å². The first-order valence-corrected chi connectivity index (χ1v) is 7.74. The topological polar surface area (TPSA) is 69.4 Å².